The lowest BCUT2D eigenvalue weighted by Gasteiger charge is -2.14. The van der Waals surface area contributed by atoms with Crippen molar-refractivity contribution < 1.29 is 9.47 Å². The molecule has 0 bridgehead atoms. The molecule has 0 aromatic heterocycles. The standard InChI is InChI=1S/C17H26O2/c1-5-15-17(19-15)10-8-13-7-9-16(18-6-2)14(11-13)12(3)4/h7,9,11-12,15,17H,5-6,8,10H2,1-4H3. The molecule has 1 aliphatic heterocycles. The van der Waals surface area contributed by atoms with Crippen molar-refractivity contribution in [1.82, 2.24) is 0 Å². The first-order valence-corrected chi connectivity index (χ1v) is 7.56. The molecule has 2 rings (SSSR count). The van der Waals surface area contributed by atoms with Gasteiger partial charge < -0.3 is 9.47 Å². The Morgan fingerprint density at radius 2 is 2.00 bits per heavy atom. The molecule has 2 atom stereocenters. The molecule has 0 N–H and O–H groups in total. The average molecular weight is 262 g/mol. The number of hydrogen-bond donors (Lipinski definition) is 0. The summed E-state index contributed by atoms with van der Waals surface area (Å²) in [6.07, 6.45) is 4.41. The molecular weight excluding hydrogens is 236 g/mol. The Morgan fingerprint density at radius 3 is 2.58 bits per heavy atom. The highest BCUT2D eigenvalue weighted by Gasteiger charge is 2.35. The minimum absolute atomic E-state index is 0.499. The van der Waals surface area contributed by atoms with Gasteiger partial charge in [-0.3, -0.25) is 0 Å². The maximum absolute atomic E-state index is 5.70. The van der Waals surface area contributed by atoms with Crippen molar-refractivity contribution >= 4 is 0 Å². The Hall–Kier alpha value is -1.02. The highest BCUT2D eigenvalue weighted by Crippen LogP contribution is 2.31. The molecular formula is C17H26O2. The van der Waals surface area contributed by atoms with E-state index in [0.717, 1.165) is 31.6 Å². The van der Waals surface area contributed by atoms with E-state index < -0.39 is 0 Å². The van der Waals surface area contributed by atoms with E-state index in [9.17, 15) is 0 Å². The third-order valence-electron chi connectivity index (χ3n) is 3.80. The van der Waals surface area contributed by atoms with Crippen molar-refractivity contribution in [2.75, 3.05) is 6.61 Å². The second-order valence-electron chi connectivity index (χ2n) is 5.62. The van der Waals surface area contributed by atoms with Gasteiger partial charge in [0.2, 0.25) is 0 Å². The van der Waals surface area contributed by atoms with Crippen LogP contribution >= 0.6 is 0 Å². The van der Waals surface area contributed by atoms with Crippen LogP contribution in [0.15, 0.2) is 18.2 Å². The Labute approximate surface area is 117 Å². The SMILES string of the molecule is CCOc1ccc(CCC2OC2CC)cc1C(C)C. The molecule has 1 saturated heterocycles. The molecule has 106 valence electrons. The fourth-order valence-corrected chi connectivity index (χ4v) is 2.59. The van der Waals surface area contributed by atoms with Crippen LogP contribution in [0.5, 0.6) is 5.75 Å². The van der Waals surface area contributed by atoms with Gasteiger partial charge in [-0.1, -0.05) is 32.9 Å². The van der Waals surface area contributed by atoms with Crippen molar-refractivity contribution in [2.45, 2.75) is 65.1 Å². The minimum atomic E-state index is 0.499. The first-order chi connectivity index (χ1) is 9.15. The van der Waals surface area contributed by atoms with Gasteiger partial charge in [-0.2, -0.15) is 0 Å². The number of epoxide rings is 1. The summed E-state index contributed by atoms with van der Waals surface area (Å²) in [5.74, 6) is 1.54. The Morgan fingerprint density at radius 1 is 1.21 bits per heavy atom. The molecule has 2 heteroatoms. The highest BCUT2D eigenvalue weighted by molar-refractivity contribution is 5.39. The van der Waals surface area contributed by atoms with Crippen molar-refractivity contribution in [3.05, 3.63) is 29.3 Å². The summed E-state index contributed by atoms with van der Waals surface area (Å²) in [6, 6.07) is 6.62. The zero-order chi connectivity index (χ0) is 13.8. The monoisotopic (exact) mass is 262 g/mol. The van der Waals surface area contributed by atoms with Crippen molar-refractivity contribution in [3.63, 3.8) is 0 Å². The summed E-state index contributed by atoms with van der Waals surface area (Å²) in [4.78, 5) is 0. The van der Waals surface area contributed by atoms with Gasteiger partial charge in [0.25, 0.3) is 0 Å². The molecule has 0 spiro atoms. The van der Waals surface area contributed by atoms with Gasteiger partial charge in [0.05, 0.1) is 18.8 Å². The number of ether oxygens (including phenoxy) is 2. The Balaban J connectivity index is 1.99. The van der Waals surface area contributed by atoms with E-state index in [0.29, 0.717) is 18.1 Å². The first-order valence-electron chi connectivity index (χ1n) is 7.56. The lowest BCUT2D eigenvalue weighted by molar-refractivity contribution is 0.335. The molecule has 2 nitrogen and oxygen atoms in total. The molecule has 1 heterocycles. The van der Waals surface area contributed by atoms with Crippen LogP contribution in [-0.2, 0) is 11.2 Å². The zero-order valence-corrected chi connectivity index (χ0v) is 12.6. The van der Waals surface area contributed by atoms with Crippen LogP contribution < -0.4 is 4.74 Å². The van der Waals surface area contributed by atoms with E-state index in [2.05, 4.69) is 39.0 Å². The average Bonchev–Trinajstić information content (AvgIpc) is 3.16. The molecule has 0 amide bonds. The minimum Gasteiger partial charge on any atom is -0.494 e. The molecule has 1 fully saturated rings. The molecule has 0 saturated carbocycles. The van der Waals surface area contributed by atoms with Gasteiger partial charge in [0.15, 0.2) is 0 Å². The van der Waals surface area contributed by atoms with E-state index in [1.807, 2.05) is 6.92 Å². The fraction of sp³-hybridized carbons (Fsp3) is 0.647. The van der Waals surface area contributed by atoms with E-state index >= 15 is 0 Å². The van der Waals surface area contributed by atoms with Gasteiger partial charge in [-0.05, 0) is 49.3 Å². The van der Waals surface area contributed by atoms with Crippen LogP contribution in [0.2, 0.25) is 0 Å². The van der Waals surface area contributed by atoms with Gasteiger partial charge in [-0.15, -0.1) is 0 Å². The zero-order valence-electron chi connectivity index (χ0n) is 12.6. The predicted octanol–water partition coefficient (Wildman–Crippen LogP) is 4.32. The third kappa shape index (κ3) is 3.73. The van der Waals surface area contributed by atoms with E-state index in [-0.39, 0.29) is 0 Å². The van der Waals surface area contributed by atoms with Crippen molar-refractivity contribution in [1.29, 1.82) is 0 Å². The lowest BCUT2D eigenvalue weighted by atomic mass is 9.97. The van der Waals surface area contributed by atoms with E-state index in [4.69, 9.17) is 9.47 Å². The normalized spacial score (nSPS) is 21.7. The Kier molecular flexibility index (Phi) is 4.87. The van der Waals surface area contributed by atoms with Gasteiger partial charge in [-0.25, -0.2) is 0 Å². The summed E-state index contributed by atoms with van der Waals surface area (Å²) in [5, 5.41) is 0. The topological polar surface area (TPSA) is 21.8 Å². The molecule has 0 radical (unpaired) electrons. The molecule has 19 heavy (non-hydrogen) atoms. The third-order valence-corrected chi connectivity index (χ3v) is 3.80. The summed E-state index contributed by atoms with van der Waals surface area (Å²) >= 11 is 0. The van der Waals surface area contributed by atoms with Crippen LogP contribution in [0.3, 0.4) is 0 Å². The van der Waals surface area contributed by atoms with Crippen molar-refractivity contribution in [3.8, 4) is 5.75 Å². The lowest BCUT2D eigenvalue weighted by Crippen LogP contribution is -2.01. The molecule has 0 aliphatic carbocycles. The predicted molar refractivity (Wildman–Crippen MR) is 79.0 cm³/mol. The summed E-state index contributed by atoms with van der Waals surface area (Å²) in [6.45, 7) is 9.40. The maximum Gasteiger partial charge on any atom is 0.122 e. The first kappa shape index (κ1) is 14.4. The fourth-order valence-electron chi connectivity index (χ4n) is 2.59. The van der Waals surface area contributed by atoms with Gasteiger partial charge >= 0.3 is 0 Å². The van der Waals surface area contributed by atoms with E-state index in [1.165, 1.54) is 11.1 Å². The van der Waals surface area contributed by atoms with Gasteiger partial charge in [0, 0.05) is 0 Å². The van der Waals surface area contributed by atoms with Crippen LogP contribution in [0.1, 0.15) is 57.6 Å². The molecule has 2 unspecified atom stereocenters. The Bertz CT molecular complexity index is 412. The largest absolute Gasteiger partial charge is 0.494 e. The van der Waals surface area contributed by atoms with Crippen LogP contribution in [-0.4, -0.2) is 18.8 Å². The smallest absolute Gasteiger partial charge is 0.122 e. The highest BCUT2D eigenvalue weighted by atomic mass is 16.6. The second-order valence-corrected chi connectivity index (χ2v) is 5.62. The van der Waals surface area contributed by atoms with Crippen LogP contribution in [0.4, 0.5) is 0 Å². The molecule has 1 aromatic carbocycles. The maximum atomic E-state index is 5.70. The summed E-state index contributed by atoms with van der Waals surface area (Å²) in [5.41, 5.74) is 2.72. The molecule has 1 aromatic rings. The quantitative estimate of drug-likeness (QED) is 0.683. The van der Waals surface area contributed by atoms with Crippen molar-refractivity contribution in [2.24, 2.45) is 0 Å². The second kappa shape index (κ2) is 6.42. The number of hydrogen-bond acceptors (Lipinski definition) is 2. The number of aryl methyl sites for hydroxylation is 1. The van der Waals surface area contributed by atoms with Gasteiger partial charge in [0.1, 0.15) is 5.75 Å². The van der Waals surface area contributed by atoms with Crippen LogP contribution in [0, 0.1) is 0 Å². The number of benzene rings is 1. The van der Waals surface area contributed by atoms with E-state index in [1.54, 1.807) is 0 Å². The summed E-state index contributed by atoms with van der Waals surface area (Å²) < 4.78 is 11.3. The van der Waals surface area contributed by atoms with Crippen LogP contribution in [0.25, 0.3) is 0 Å². The summed E-state index contributed by atoms with van der Waals surface area (Å²) in [7, 11) is 0. The number of rotatable bonds is 7. The molecule has 1 aliphatic rings.